The van der Waals surface area contributed by atoms with Crippen molar-refractivity contribution in [3.63, 3.8) is 0 Å². The topological polar surface area (TPSA) is 44.5 Å². The minimum absolute atomic E-state index is 0.00975. The molecule has 0 radical (unpaired) electrons. The van der Waals surface area contributed by atoms with E-state index in [1.165, 1.54) is 0 Å². The SMILES string of the molecule is CC1OC(C)(N)C(C)(C)OC1(C)C. The van der Waals surface area contributed by atoms with Crippen LogP contribution in [0.5, 0.6) is 0 Å². The Bertz CT molecular complexity index is 209. The molecule has 1 saturated heterocycles. The highest BCUT2D eigenvalue weighted by molar-refractivity contribution is 4.98. The van der Waals surface area contributed by atoms with E-state index in [0.717, 1.165) is 0 Å². The number of hydrogen-bond donors (Lipinski definition) is 1. The molecule has 13 heavy (non-hydrogen) atoms. The summed E-state index contributed by atoms with van der Waals surface area (Å²) >= 11 is 0. The first-order chi connectivity index (χ1) is 5.58. The Morgan fingerprint density at radius 1 is 1.08 bits per heavy atom. The van der Waals surface area contributed by atoms with E-state index in [0.29, 0.717) is 0 Å². The normalized spacial score (nSPS) is 43.2. The molecule has 1 aliphatic rings. The second-order valence-electron chi connectivity index (χ2n) is 5.08. The van der Waals surface area contributed by atoms with Crippen LogP contribution in [0.25, 0.3) is 0 Å². The quantitative estimate of drug-likeness (QED) is 0.627. The molecule has 0 saturated carbocycles. The van der Waals surface area contributed by atoms with Crippen LogP contribution in [-0.4, -0.2) is 23.0 Å². The fraction of sp³-hybridized carbons (Fsp3) is 1.00. The van der Waals surface area contributed by atoms with Crippen molar-refractivity contribution in [1.82, 2.24) is 0 Å². The van der Waals surface area contributed by atoms with Crippen molar-refractivity contribution in [2.24, 2.45) is 5.73 Å². The number of ether oxygens (including phenoxy) is 2. The molecular weight excluding hydrogens is 166 g/mol. The van der Waals surface area contributed by atoms with E-state index in [2.05, 4.69) is 0 Å². The maximum Gasteiger partial charge on any atom is 0.143 e. The van der Waals surface area contributed by atoms with Crippen molar-refractivity contribution >= 4 is 0 Å². The zero-order chi connectivity index (χ0) is 10.5. The molecule has 0 aromatic rings. The van der Waals surface area contributed by atoms with Crippen LogP contribution in [0.15, 0.2) is 0 Å². The molecule has 1 fully saturated rings. The molecular formula is C10H21NO2. The van der Waals surface area contributed by atoms with Crippen LogP contribution in [-0.2, 0) is 9.47 Å². The molecule has 3 heteroatoms. The lowest BCUT2D eigenvalue weighted by atomic mass is 9.89. The van der Waals surface area contributed by atoms with Crippen LogP contribution in [0, 0.1) is 0 Å². The summed E-state index contributed by atoms with van der Waals surface area (Å²) in [4.78, 5) is 0. The monoisotopic (exact) mass is 187 g/mol. The van der Waals surface area contributed by atoms with Crippen LogP contribution in [0.3, 0.4) is 0 Å². The molecule has 78 valence electrons. The van der Waals surface area contributed by atoms with Crippen LogP contribution in [0.4, 0.5) is 0 Å². The molecule has 0 bridgehead atoms. The van der Waals surface area contributed by atoms with Gasteiger partial charge in [0.2, 0.25) is 0 Å². The third-order valence-electron chi connectivity index (χ3n) is 3.11. The first-order valence-corrected chi connectivity index (χ1v) is 4.75. The highest BCUT2D eigenvalue weighted by Crippen LogP contribution is 2.38. The Morgan fingerprint density at radius 3 is 1.92 bits per heavy atom. The van der Waals surface area contributed by atoms with Gasteiger partial charge in [0.1, 0.15) is 11.3 Å². The summed E-state index contributed by atoms with van der Waals surface area (Å²) in [5, 5.41) is 0. The molecule has 0 spiro atoms. The largest absolute Gasteiger partial charge is 0.363 e. The van der Waals surface area contributed by atoms with Gasteiger partial charge in [0, 0.05) is 0 Å². The van der Waals surface area contributed by atoms with Gasteiger partial charge in [0.05, 0.1) is 11.7 Å². The first-order valence-electron chi connectivity index (χ1n) is 4.75. The Hall–Kier alpha value is -0.120. The highest BCUT2D eigenvalue weighted by Gasteiger charge is 2.51. The molecule has 2 unspecified atom stereocenters. The van der Waals surface area contributed by atoms with E-state index in [-0.39, 0.29) is 11.7 Å². The molecule has 0 aromatic heterocycles. The maximum absolute atomic E-state index is 6.02. The second-order valence-corrected chi connectivity index (χ2v) is 5.08. The zero-order valence-electron chi connectivity index (χ0n) is 9.47. The Morgan fingerprint density at radius 2 is 1.54 bits per heavy atom. The van der Waals surface area contributed by atoms with Gasteiger partial charge < -0.3 is 15.2 Å². The molecule has 1 rings (SSSR count). The lowest BCUT2D eigenvalue weighted by molar-refractivity contribution is -0.324. The lowest BCUT2D eigenvalue weighted by Crippen LogP contribution is -2.68. The van der Waals surface area contributed by atoms with Crippen LogP contribution in [0.2, 0.25) is 0 Å². The fourth-order valence-corrected chi connectivity index (χ4v) is 1.49. The van der Waals surface area contributed by atoms with Crippen LogP contribution < -0.4 is 5.73 Å². The maximum atomic E-state index is 6.02. The minimum Gasteiger partial charge on any atom is -0.363 e. The number of hydrogen-bond acceptors (Lipinski definition) is 3. The average Bonchev–Trinajstić information content (AvgIpc) is 1.80. The lowest BCUT2D eigenvalue weighted by Gasteiger charge is -2.54. The zero-order valence-corrected chi connectivity index (χ0v) is 9.47. The van der Waals surface area contributed by atoms with Crippen molar-refractivity contribution in [2.45, 2.75) is 64.6 Å². The molecule has 0 aromatic carbocycles. The molecule has 1 aliphatic heterocycles. The Balaban J connectivity index is 2.93. The summed E-state index contributed by atoms with van der Waals surface area (Å²) < 4.78 is 11.7. The number of nitrogens with two attached hydrogens (primary N) is 1. The van der Waals surface area contributed by atoms with Gasteiger partial charge in [-0.2, -0.15) is 0 Å². The number of rotatable bonds is 0. The van der Waals surface area contributed by atoms with E-state index < -0.39 is 11.3 Å². The summed E-state index contributed by atoms with van der Waals surface area (Å²) in [6.07, 6.45) is 0.00975. The van der Waals surface area contributed by atoms with Crippen LogP contribution in [0.1, 0.15) is 41.5 Å². The van der Waals surface area contributed by atoms with Crippen molar-refractivity contribution in [3.8, 4) is 0 Å². The van der Waals surface area contributed by atoms with E-state index in [4.69, 9.17) is 15.2 Å². The van der Waals surface area contributed by atoms with Crippen molar-refractivity contribution in [1.29, 1.82) is 0 Å². The van der Waals surface area contributed by atoms with E-state index in [1.54, 1.807) is 0 Å². The van der Waals surface area contributed by atoms with Gasteiger partial charge in [-0.05, 0) is 41.5 Å². The highest BCUT2D eigenvalue weighted by atomic mass is 16.6. The van der Waals surface area contributed by atoms with Crippen molar-refractivity contribution < 1.29 is 9.47 Å². The van der Waals surface area contributed by atoms with Gasteiger partial charge in [-0.3, -0.25) is 0 Å². The van der Waals surface area contributed by atoms with Crippen LogP contribution >= 0.6 is 0 Å². The Labute approximate surface area is 80.6 Å². The summed E-state index contributed by atoms with van der Waals surface area (Å²) in [5.41, 5.74) is 4.57. The predicted molar refractivity (Wildman–Crippen MR) is 52.4 cm³/mol. The third kappa shape index (κ3) is 1.73. The van der Waals surface area contributed by atoms with Gasteiger partial charge in [-0.15, -0.1) is 0 Å². The third-order valence-corrected chi connectivity index (χ3v) is 3.11. The molecule has 0 aliphatic carbocycles. The van der Waals surface area contributed by atoms with Crippen molar-refractivity contribution in [3.05, 3.63) is 0 Å². The summed E-state index contributed by atoms with van der Waals surface area (Å²) in [6.45, 7) is 11.8. The van der Waals surface area contributed by atoms with Gasteiger partial charge in [-0.1, -0.05) is 0 Å². The smallest absolute Gasteiger partial charge is 0.143 e. The predicted octanol–water partition coefficient (Wildman–Crippen LogP) is 1.65. The second kappa shape index (κ2) is 2.69. The summed E-state index contributed by atoms with van der Waals surface area (Å²) in [7, 11) is 0. The molecule has 3 nitrogen and oxygen atoms in total. The first kappa shape index (κ1) is 11.0. The van der Waals surface area contributed by atoms with Gasteiger partial charge >= 0.3 is 0 Å². The van der Waals surface area contributed by atoms with Gasteiger partial charge in [0.25, 0.3) is 0 Å². The minimum atomic E-state index is -0.720. The summed E-state index contributed by atoms with van der Waals surface area (Å²) in [5.74, 6) is 0. The van der Waals surface area contributed by atoms with E-state index in [9.17, 15) is 0 Å². The van der Waals surface area contributed by atoms with Gasteiger partial charge in [0.15, 0.2) is 0 Å². The van der Waals surface area contributed by atoms with E-state index >= 15 is 0 Å². The molecule has 2 atom stereocenters. The van der Waals surface area contributed by atoms with Crippen molar-refractivity contribution in [2.75, 3.05) is 0 Å². The molecule has 0 amide bonds. The Kier molecular flexibility index (Phi) is 2.26. The van der Waals surface area contributed by atoms with Gasteiger partial charge in [-0.25, -0.2) is 0 Å². The average molecular weight is 187 g/mol. The summed E-state index contributed by atoms with van der Waals surface area (Å²) in [6, 6.07) is 0. The molecule has 2 N–H and O–H groups in total. The molecule has 1 heterocycles. The van der Waals surface area contributed by atoms with E-state index in [1.807, 2.05) is 41.5 Å². The fourth-order valence-electron chi connectivity index (χ4n) is 1.49. The standard InChI is InChI=1S/C10H21NO2/c1-7-8(2,3)13-9(4,5)10(6,11)12-7/h7H,11H2,1-6H3.